The predicted molar refractivity (Wildman–Crippen MR) is 71.3 cm³/mol. The van der Waals surface area contributed by atoms with Crippen molar-refractivity contribution < 1.29 is 9.53 Å². The molecule has 1 aliphatic carbocycles. The van der Waals surface area contributed by atoms with Crippen molar-refractivity contribution in [2.45, 2.75) is 45.2 Å². The first-order valence-corrected chi connectivity index (χ1v) is 7.15. The Labute approximate surface area is 110 Å². The molecule has 1 amide bonds. The molecule has 2 fully saturated rings. The van der Waals surface area contributed by atoms with E-state index >= 15 is 0 Å². The molecule has 4 unspecified atom stereocenters. The summed E-state index contributed by atoms with van der Waals surface area (Å²) < 4.78 is 5.39. The molecule has 1 aliphatic heterocycles. The van der Waals surface area contributed by atoms with E-state index in [2.05, 4.69) is 24.5 Å². The maximum absolute atomic E-state index is 12.3. The van der Waals surface area contributed by atoms with E-state index in [9.17, 15) is 4.79 Å². The zero-order valence-electron chi connectivity index (χ0n) is 11.7. The molecular formula is C14H26N2O2. The number of hydrogen-bond donors (Lipinski definition) is 2. The number of carbonyl (C=O) groups is 1. The van der Waals surface area contributed by atoms with Gasteiger partial charge in [-0.2, -0.15) is 0 Å². The smallest absolute Gasteiger partial charge is 0.227 e. The zero-order valence-corrected chi connectivity index (χ0v) is 11.7. The minimum absolute atomic E-state index is 0.0254. The summed E-state index contributed by atoms with van der Waals surface area (Å²) in [4.78, 5) is 12.3. The van der Waals surface area contributed by atoms with E-state index < -0.39 is 0 Å². The summed E-state index contributed by atoms with van der Waals surface area (Å²) in [5.41, 5.74) is 0. The number of likely N-dealkylation sites (N-methyl/N-ethyl adjacent to an activating group) is 1. The molecule has 0 aromatic carbocycles. The highest BCUT2D eigenvalue weighted by atomic mass is 16.5. The molecule has 0 radical (unpaired) electrons. The molecule has 0 aromatic rings. The third kappa shape index (κ3) is 3.23. The van der Waals surface area contributed by atoms with E-state index in [0.717, 1.165) is 24.7 Å². The monoisotopic (exact) mass is 254 g/mol. The summed E-state index contributed by atoms with van der Waals surface area (Å²) in [7, 11) is 1.89. The van der Waals surface area contributed by atoms with Crippen LogP contribution in [-0.2, 0) is 9.53 Å². The molecule has 4 heteroatoms. The van der Waals surface area contributed by atoms with Gasteiger partial charge < -0.3 is 15.4 Å². The summed E-state index contributed by atoms with van der Waals surface area (Å²) in [6.07, 6.45) is 3.53. The highest BCUT2D eigenvalue weighted by Crippen LogP contribution is 2.28. The summed E-state index contributed by atoms with van der Waals surface area (Å²) in [6, 6.07) is 0.526. The van der Waals surface area contributed by atoms with Gasteiger partial charge in [0.2, 0.25) is 5.91 Å². The van der Waals surface area contributed by atoms with Crippen LogP contribution in [0.2, 0.25) is 0 Å². The molecule has 0 spiro atoms. The lowest BCUT2D eigenvalue weighted by Crippen LogP contribution is -2.47. The molecule has 2 N–H and O–H groups in total. The summed E-state index contributed by atoms with van der Waals surface area (Å²) in [5, 5.41) is 6.39. The lowest BCUT2D eigenvalue weighted by molar-refractivity contribution is -0.126. The molecule has 0 bridgehead atoms. The van der Waals surface area contributed by atoms with Crippen molar-refractivity contribution in [3.63, 3.8) is 0 Å². The number of amides is 1. The van der Waals surface area contributed by atoms with E-state index in [4.69, 9.17) is 4.74 Å². The Balaban J connectivity index is 1.86. The van der Waals surface area contributed by atoms with Crippen LogP contribution in [0.1, 0.15) is 33.1 Å². The van der Waals surface area contributed by atoms with Gasteiger partial charge in [0.25, 0.3) is 0 Å². The fourth-order valence-corrected chi connectivity index (χ4v) is 3.47. The average molecular weight is 254 g/mol. The van der Waals surface area contributed by atoms with E-state index in [0.29, 0.717) is 19.3 Å². The summed E-state index contributed by atoms with van der Waals surface area (Å²) in [6.45, 7) is 5.76. The second-order valence-electron chi connectivity index (χ2n) is 6.16. The lowest BCUT2D eigenvalue weighted by atomic mass is 9.80. The third-order valence-electron chi connectivity index (χ3n) is 4.31. The van der Waals surface area contributed by atoms with Crippen LogP contribution in [0.5, 0.6) is 0 Å². The Morgan fingerprint density at radius 3 is 2.39 bits per heavy atom. The van der Waals surface area contributed by atoms with Crippen molar-refractivity contribution in [1.29, 1.82) is 0 Å². The van der Waals surface area contributed by atoms with Gasteiger partial charge in [0.15, 0.2) is 0 Å². The second-order valence-corrected chi connectivity index (χ2v) is 6.16. The summed E-state index contributed by atoms with van der Waals surface area (Å²) >= 11 is 0. The molecule has 18 heavy (non-hydrogen) atoms. The Morgan fingerprint density at radius 2 is 1.78 bits per heavy atom. The van der Waals surface area contributed by atoms with Crippen LogP contribution in [-0.4, -0.2) is 38.3 Å². The van der Waals surface area contributed by atoms with Crippen molar-refractivity contribution in [3.8, 4) is 0 Å². The van der Waals surface area contributed by atoms with Gasteiger partial charge in [0.1, 0.15) is 0 Å². The normalized spacial score (nSPS) is 40.7. The van der Waals surface area contributed by atoms with Crippen LogP contribution in [0.3, 0.4) is 0 Å². The van der Waals surface area contributed by atoms with Gasteiger partial charge in [-0.25, -0.2) is 0 Å². The van der Waals surface area contributed by atoms with Crippen LogP contribution >= 0.6 is 0 Å². The number of carbonyl (C=O) groups excluding carboxylic acids is 1. The highest BCUT2D eigenvalue weighted by molar-refractivity contribution is 5.80. The van der Waals surface area contributed by atoms with Crippen LogP contribution in [0.4, 0.5) is 0 Å². The minimum Gasteiger partial charge on any atom is -0.379 e. The standard InChI is InChI=1S/C14H26N2O2/c1-9-4-10(2)6-11(5-9)16-14(17)12-7-18-8-13(12)15-3/h9-13,15H,4-8H2,1-3H3,(H,16,17). The molecule has 4 nitrogen and oxygen atoms in total. The first-order chi connectivity index (χ1) is 8.60. The quantitative estimate of drug-likeness (QED) is 0.794. The van der Waals surface area contributed by atoms with Gasteiger partial charge in [0, 0.05) is 12.1 Å². The van der Waals surface area contributed by atoms with Gasteiger partial charge in [0.05, 0.1) is 19.1 Å². The first kappa shape index (κ1) is 13.8. The fraction of sp³-hybridized carbons (Fsp3) is 0.929. The maximum Gasteiger partial charge on any atom is 0.227 e. The lowest BCUT2D eigenvalue weighted by Gasteiger charge is -2.32. The third-order valence-corrected chi connectivity index (χ3v) is 4.31. The Morgan fingerprint density at radius 1 is 1.11 bits per heavy atom. The summed E-state index contributed by atoms with van der Waals surface area (Å²) in [5.74, 6) is 1.58. The Hall–Kier alpha value is -0.610. The number of rotatable bonds is 3. The number of ether oxygens (including phenoxy) is 1. The molecule has 1 heterocycles. The van der Waals surface area contributed by atoms with Crippen molar-refractivity contribution >= 4 is 5.91 Å². The molecule has 2 rings (SSSR count). The van der Waals surface area contributed by atoms with Gasteiger partial charge >= 0.3 is 0 Å². The van der Waals surface area contributed by atoms with Crippen molar-refractivity contribution in [2.24, 2.45) is 17.8 Å². The molecule has 104 valence electrons. The SMILES string of the molecule is CNC1COCC1C(=O)NC1CC(C)CC(C)C1. The van der Waals surface area contributed by atoms with Gasteiger partial charge in [-0.15, -0.1) is 0 Å². The molecule has 1 saturated carbocycles. The predicted octanol–water partition coefficient (Wildman–Crippen LogP) is 1.16. The largest absolute Gasteiger partial charge is 0.379 e. The van der Waals surface area contributed by atoms with Crippen LogP contribution in [0, 0.1) is 17.8 Å². The minimum atomic E-state index is -0.0254. The van der Waals surface area contributed by atoms with E-state index in [1.807, 2.05) is 7.05 Å². The molecule has 4 atom stereocenters. The first-order valence-electron chi connectivity index (χ1n) is 7.15. The van der Waals surface area contributed by atoms with E-state index in [1.54, 1.807) is 0 Å². The van der Waals surface area contributed by atoms with Crippen LogP contribution in [0.15, 0.2) is 0 Å². The molecule has 2 aliphatic rings. The van der Waals surface area contributed by atoms with Crippen molar-refractivity contribution in [3.05, 3.63) is 0 Å². The highest BCUT2D eigenvalue weighted by Gasteiger charge is 2.35. The maximum atomic E-state index is 12.3. The molecule has 0 aromatic heterocycles. The van der Waals surface area contributed by atoms with Gasteiger partial charge in [-0.1, -0.05) is 13.8 Å². The van der Waals surface area contributed by atoms with Crippen LogP contribution < -0.4 is 10.6 Å². The fourth-order valence-electron chi connectivity index (χ4n) is 3.47. The number of nitrogens with one attached hydrogen (secondary N) is 2. The Kier molecular flexibility index (Phi) is 4.62. The zero-order chi connectivity index (χ0) is 13.1. The second kappa shape index (κ2) is 6.02. The van der Waals surface area contributed by atoms with Crippen LogP contribution in [0.25, 0.3) is 0 Å². The van der Waals surface area contributed by atoms with E-state index in [1.165, 1.54) is 6.42 Å². The van der Waals surface area contributed by atoms with E-state index in [-0.39, 0.29) is 17.9 Å². The number of hydrogen-bond acceptors (Lipinski definition) is 3. The molecule has 1 saturated heterocycles. The topological polar surface area (TPSA) is 50.4 Å². The Bertz CT molecular complexity index is 286. The van der Waals surface area contributed by atoms with Gasteiger partial charge in [-0.3, -0.25) is 4.79 Å². The van der Waals surface area contributed by atoms with Gasteiger partial charge in [-0.05, 0) is 38.1 Å². The molecular weight excluding hydrogens is 228 g/mol. The van der Waals surface area contributed by atoms with Crippen molar-refractivity contribution in [2.75, 3.05) is 20.3 Å². The van der Waals surface area contributed by atoms with Crippen molar-refractivity contribution in [1.82, 2.24) is 10.6 Å². The average Bonchev–Trinajstić information content (AvgIpc) is 2.75.